The molecule has 0 amide bonds. The molecule has 1 aliphatic heterocycles. The normalized spacial score (nSPS) is 17.7. The van der Waals surface area contributed by atoms with Crippen molar-refractivity contribution in [2.45, 2.75) is 36.9 Å². The molecule has 24 heavy (non-hydrogen) atoms. The first-order chi connectivity index (χ1) is 11.4. The summed E-state index contributed by atoms with van der Waals surface area (Å²) < 4.78 is 34.8. The minimum Gasteiger partial charge on any atom is -0.377 e. The third-order valence-corrected chi connectivity index (χ3v) is 5.86. The molecule has 0 saturated heterocycles. The number of methoxy groups -OCH3 is 1. The molecule has 1 aromatic carbocycles. The number of nitrogens with zero attached hydrogens (tertiary/aromatic N) is 3. The number of rotatable bonds is 5. The molecule has 0 spiro atoms. The van der Waals surface area contributed by atoms with Crippen molar-refractivity contribution in [1.82, 2.24) is 19.5 Å². The fourth-order valence-electron chi connectivity index (χ4n) is 2.64. The van der Waals surface area contributed by atoms with Crippen LogP contribution < -0.4 is 4.72 Å². The van der Waals surface area contributed by atoms with Gasteiger partial charge in [-0.25, -0.2) is 22.8 Å². The SMILES string of the molecule is COCc1nc2n(n1)CCC[C@@H]2NS(=O)(=O)c1cc(Cl)ccc1Cl. The molecule has 10 heteroatoms. The Morgan fingerprint density at radius 1 is 1.42 bits per heavy atom. The summed E-state index contributed by atoms with van der Waals surface area (Å²) in [6.45, 7) is 0.974. The summed E-state index contributed by atoms with van der Waals surface area (Å²) in [6, 6.07) is 3.85. The monoisotopic (exact) mass is 390 g/mol. The Hall–Kier alpha value is -1.19. The van der Waals surface area contributed by atoms with Crippen LogP contribution >= 0.6 is 23.2 Å². The fraction of sp³-hybridized carbons (Fsp3) is 0.429. The number of halogens is 2. The van der Waals surface area contributed by atoms with Crippen molar-refractivity contribution >= 4 is 33.2 Å². The second-order valence-electron chi connectivity index (χ2n) is 5.43. The van der Waals surface area contributed by atoms with Gasteiger partial charge in [0.1, 0.15) is 17.3 Å². The van der Waals surface area contributed by atoms with Gasteiger partial charge in [0.2, 0.25) is 10.0 Å². The van der Waals surface area contributed by atoms with Gasteiger partial charge in [0.15, 0.2) is 5.82 Å². The van der Waals surface area contributed by atoms with E-state index in [9.17, 15) is 8.42 Å². The molecular weight excluding hydrogens is 375 g/mol. The molecular formula is C14H16Cl2N4O3S. The van der Waals surface area contributed by atoms with E-state index in [1.165, 1.54) is 18.2 Å². The van der Waals surface area contributed by atoms with E-state index < -0.39 is 16.1 Å². The largest absolute Gasteiger partial charge is 0.377 e. The highest BCUT2D eigenvalue weighted by atomic mass is 35.5. The molecule has 1 aromatic heterocycles. The Morgan fingerprint density at radius 2 is 2.21 bits per heavy atom. The predicted molar refractivity (Wildman–Crippen MR) is 89.5 cm³/mol. The summed E-state index contributed by atoms with van der Waals surface area (Å²) in [5, 5.41) is 4.74. The molecule has 7 nitrogen and oxygen atoms in total. The van der Waals surface area contributed by atoms with Gasteiger partial charge in [-0.1, -0.05) is 23.2 Å². The first kappa shape index (κ1) is 17.6. The molecule has 0 bridgehead atoms. The molecule has 130 valence electrons. The Kier molecular flexibility index (Phi) is 5.12. The van der Waals surface area contributed by atoms with Crippen molar-refractivity contribution in [2.75, 3.05) is 7.11 Å². The summed E-state index contributed by atoms with van der Waals surface area (Å²) in [4.78, 5) is 4.33. The highest BCUT2D eigenvalue weighted by Gasteiger charge is 2.30. The molecule has 0 aliphatic carbocycles. The minimum atomic E-state index is -3.84. The molecule has 0 saturated carbocycles. The van der Waals surface area contributed by atoms with Crippen molar-refractivity contribution in [3.05, 3.63) is 39.9 Å². The van der Waals surface area contributed by atoms with Crippen LogP contribution in [0.1, 0.15) is 30.5 Å². The number of benzene rings is 1. The van der Waals surface area contributed by atoms with Crippen molar-refractivity contribution in [3.8, 4) is 0 Å². The Bertz CT molecular complexity index is 854. The Morgan fingerprint density at radius 3 is 2.96 bits per heavy atom. The van der Waals surface area contributed by atoms with Gasteiger partial charge in [-0.15, -0.1) is 0 Å². The number of hydrogen-bond acceptors (Lipinski definition) is 5. The highest BCUT2D eigenvalue weighted by molar-refractivity contribution is 7.89. The maximum atomic E-state index is 12.7. The summed E-state index contributed by atoms with van der Waals surface area (Å²) in [6.07, 6.45) is 1.42. The van der Waals surface area contributed by atoms with Crippen LogP contribution in [0.15, 0.2) is 23.1 Å². The first-order valence-electron chi connectivity index (χ1n) is 7.30. The number of ether oxygens (including phenoxy) is 1. The minimum absolute atomic E-state index is 0.0505. The standard InChI is InChI=1S/C14H16Cl2N4O3S/c1-23-8-13-17-14-11(3-2-6-20(14)18-13)19-24(21,22)12-7-9(15)4-5-10(12)16/h4-5,7,11,19H,2-3,6,8H2,1H3/t11-/m0/s1. The lowest BCUT2D eigenvalue weighted by molar-refractivity contribution is 0.177. The van der Waals surface area contributed by atoms with Gasteiger partial charge in [0.05, 0.1) is 11.1 Å². The molecule has 1 N–H and O–H groups in total. The number of sulfonamides is 1. The summed E-state index contributed by atoms with van der Waals surface area (Å²) in [5.74, 6) is 1.11. The number of fused-ring (bicyclic) bond motifs is 1. The lowest BCUT2D eigenvalue weighted by atomic mass is 10.1. The van der Waals surface area contributed by atoms with Gasteiger partial charge in [0, 0.05) is 18.7 Å². The Balaban J connectivity index is 1.90. The lowest BCUT2D eigenvalue weighted by Gasteiger charge is -2.23. The van der Waals surface area contributed by atoms with E-state index in [0.717, 1.165) is 6.42 Å². The molecule has 0 fully saturated rings. The van der Waals surface area contributed by atoms with Crippen LogP contribution in [-0.4, -0.2) is 30.3 Å². The van der Waals surface area contributed by atoms with Gasteiger partial charge in [-0.3, -0.25) is 0 Å². The maximum absolute atomic E-state index is 12.7. The number of aromatic nitrogens is 3. The first-order valence-corrected chi connectivity index (χ1v) is 9.54. The van der Waals surface area contributed by atoms with E-state index in [1.807, 2.05) is 0 Å². The number of aryl methyl sites for hydroxylation is 1. The third-order valence-electron chi connectivity index (χ3n) is 3.67. The van der Waals surface area contributed by atoms with Crippen LogP contribution in [0.3, 0.4) is 0 Å². The average Bonchev–Trinajstić information content (AvgIpc) is 2.93. The van der Waals surface area contributed by atoms with Gasteiger partial charge in [-0.05, 0) is 31.0 Å². The van der Waals surface area contributed by atoms with Crippen LogP contribution in [0, 0.1) is 0 Å². The molecule has 2 aromatic rings. The van der Waals surface area contributed by atoms with E-state index >= 15 is 0 Å². The zero-order chi connectivity index (χ0) is 17.3. The molecule has 1 atom stereocenters. The summed E-state index contributed by atoms with van der Waals surface area (Å²) in [5.41, 5.74) is 0. The van der Waals surface area contributed by atoms with Crippen molar-refractivity contribution in [3.63, 3.8) is 0 Å². The van der Waals surface area contributed by atoms with Gasteiger partial charge < -0.3 is 4.74 Å². The topological polar surface area (TPSA) is 86.1 Å². The zero-order valence-corrected chi connectivity index (χ0v) is 15.2. The van der Waals surface area contributed by atoms with Crippen LogP contribution in [0.25, 0.3) is 0 Å². The Labute approximate surface area is 150 Å². The molecule has 1 aliphatic rings. The van der Waals surface area contributed by atoms with Crippen molar-refractivity contribution in [2.24, 2.45) is 0 Å². The second kappa shape index (κ2) is 6.97. The average molecular weight is 391 g/mol. The molecule has 3 rings (SSSR count). The fourth-order valence-corrected chi connectivity index (χ4v) is 4.63. The van der Waals surface area contributed by atoms with Crippen LogP contribution in [0.2, 0.25) is 10.0 Å². The summed E-state index contributed by atoms with van der Waals surface area (Å²) >= 11 is 11.9. The van der Waals surface area contributed by atoms with Crippen molar-refractivity contribution in [1.29, 1.82) is 0 Å². The molecule has 2 heterocycles. The smallest absolute Gasteiger partial charge is 0.242 e. The molecule has 0 unspecified atom stereocenters. The number of hydrogen-bond donors (Lipinski definition) is 1. The van der Waals surface area contributed by atoms with Crippen LogP contribution in [-0.2, 0) is 27.9 Å². The highest BCUT2D eigenvalue weighted by Crippen LogP contribution is 2.29. The third kappa shape index (κ3) is 3.57. The van der Waals surface area contributed by atoms with Gasteiger partial charge in [-0.2, -0.15) is 5.10 Å². The van der Waals surface area contributed by atoms with E-state index in [4.69, 9.17) is 27.9 Å². The van der Waals surface area contributed by atoms with Crippen LogP contribution in [0.4, 0.5) is 0 Å². The van der Waals surface area contributed by atoms with Gasteiger partial charge in [0.25, 0.3) is 0 Å². The van der Waals surface area contributed by atoms with E-state index in [1.54, 1.807) is 11.8 Å². The van der Waals surface area contributed by atoms with E-state index in [-0.39, 0.29) is 16.5 Å². The zero-order valence-electron chi connectivity index (χ0n) is 12.9. The summed E-state index contributed by atoms with van der Waals surface area (Å²) in [7, 11) is -2.28. The van der Waals surface area contributed by atoms with E-state index in [2.05, 4.69) is 14.8 Å². The van der Waals surface area contributed by atoms with Crippen molar-refractivity contribution < 1.29 is 13.2 Å². The molecule has 0 radical (unpaired) electrons. The number of nitrogens with one attached hydrogen (secondary N) is 1. The quantitative estimate of drug-likeness (QED) is 0.847. The second-order valence-corrected chi connectivity index (χ2v) is 7.96. The lowest BCUT2D eigenvalue weighted by Crippen LogP contribution is -2.33. The predicted octanol–water partition coefficient (Wildman–Crippen LogP) is 2.54. The van der Waals surface area contributed by atoms with E-state index in [0.29, 0.717) is 29.6 Å². The van der Waals surface area contributed by atoms with Crippen LogP contribution in [0.5, 0.6) is 0 Å². The van der Waals surface area contributed by atoms with Gasteiger partial charge >= 0.3 is 0 Å². The maximum Gasteiger partial charge on any atom is 0.242 e.